The number of rotatable bonds is 17. The number of hydrogen-bond acceptors (Lipinski definition) is 8. The molecule has 5 aromatic rings. The maximum Gasteiger partial charge on any atom is 0.223 e. The van der Waals surface area contributed by atoms with Gasteiger partial charge in [-0.2, -0.15) is 0 Å². The monoisotopic (exact) mass is 704 g/mol. The molecule has 1 aliphatic rings. The van der Waals surface area contributed by atoms with Crippen molar-refractivity contribution in [1.29, 1.82) is 0 Å². The van der Waals surface area contributed by atoms with Crippen molar-refractivity contribution < 1.29 is 38.3 Å². The van der Waals surface area contributed by atoms with Crippen LogP contribution in [0.25, 0.3) is 0 Å². The number of benzene rings is 5. The molecule has 8 nitrogen and oxygen atoms in total. The van der Waals surface area contributed by atoms with E-state index in [0.29, 0.717) is 17.7 Å². The van der Waals surface area contributed by atoms with Crippen molar-refractivity contribution >= 4 is 0 Å². The molecule has 52 heavy (non-hydrogen) atoms. The highest BCUT2D eigenvalue weighted by Crippen LogP contribution is 2.43. The van der Waals surface area contributed by atoms with Crippen LogP contribution < -0.4 is 0 Å². The molecule has 5 atom stereocenters. The number of aryl methyl sites for hydroxylation is 1. The second-order valence-corrected chi connectivity index (χ2v) is 13.0. The highest BCUT2D eigenvalue weighted by atomic mass is 16.7. The largest absolute Gasteiger partial charge is 0.374 e. The summed E-state index contributed by atoms with van der Waals surface area (Å²) < 4.78 is 44.8. The van der Waals surface area contributed by atoms with E-state index >= 15 is 0 Å². The molecule has 1 unspecified atom stereocenters. The molecule has 0 saturated carbocycles. The first kappa shape index (κ1) is 37.5. The fourth-order valence-corrected chi connectivity index (χ4v) is 6.61. The third-order valence-electron chi connectivity index (χ3n) is 9.29. The molecular weight excluding hydrogens is 656 g/mol. The van der Waals surface area contributed by atoms with Crippen LogP contribution in [-0.4, -0.2) is 50.3 Å². The quantitative estimate of drug-likeness (QED) is 0.0983. The second-order valence-electron chi connectivity index (χ2n) is 13.0. The molecular formula is C44H48O8. The van der Waals surface area contributed by atoms with Crippen molar-refractivity contribution in [3.05, 3.63) is 178 Å². The summed E-state index contributed by atoms with van der Waals surface area (Å²) in [6.45, 7) is 3.14. The van der Waals surface area contributed by atoms with E-state index in [2.05, 4.69) is 0 Å². The maximum absolute atomic E-state index is 13.2. The first-order valence-corrected chi connectivity index (χ1v) is 17.6. The predicted molar refractivity (Wildman–Crippen MR) is 198 cm³/mol. The lowest BCUT2D eigenvalue weighted by atomic mass is 9.85. The van der Waals surface area contributed by atoms with Crippen LogP contribution in [0.2, 0.25) is 0 Å². The molecule has 0 aromatic heterocycles. The minimum Gasteiger partial charge on any atom is -0.374 e. The zero-order valence-electron chi connectivity index (χ0n) is 30.0. The van der Waals surface area contributed by atoms with Gasteiger partial charge in [0.25, 0.3) is 0 Å². The summed E-state index contributed by atoms with van der Waals surface area (Å²) in [6, 6.07) is 45.4. The highest BCUT2D eigenvalue weighted by Gasteiger charge is 2.57. The molecule has 0 spiro atoms. The highest BCUT2D eigenvalue weighted by molar-refractivity contribution is 5.37. The van der Waals surface area contributed by atoms with E-state index in [0.717, 1.165) is 27.8 Å². The number of ether oxygens (including phenoxy) is 7. The average molecular weight is 705 g/mol. The van der Waals surface area contributed by atoms with Crippen molar-refractivity contribution in [2.75, 3.05) is 20.8 Å². The molecule has 1 aliphatic heterocycles. The Labute approximate surface area is 306 Å². The van der Waals surface area contributed by atoms with Gasteiger partial charge in [-0.3, -0.25) is 0 Å². The molecule has 0 radical (unpaired) electrons. The summed E-state index contributed by atoms with van der Waals surface area (Å²) in [5, 5.41) is 13.2. The maximum atomic E-state index is 13.2. The smallest absolute Gasteiger partial charge is 0.223 e. The van der Waals surface area contributed by atoms with E-state index in [1.165, 1.54) is 0 Å². The van der Waals surface area contributed by atoms with Crippen molar-refractivity contribution in [2.24, 2.45) is 0 Å². The Hall–Kier alpha value is -4.22. The molecule has 272 valence electrons. The van der Waals surface area contributed by atoms with Crippen LogP contribution in [0.3, 0.4) is 0 Å². The van der Waals surface area contributed by atoms with Crippen LogP contribution in [0.5, 0.6) is 0 Å². The van der Waals surface area contributed by atoms with Gasteiger partial charge in [0, 0.05) is 25.3 Å². The van der Waals surface area contributed by atoms with Crippen LogP contribution in [0.4, 0.5) is 0 Å². The second kappa shape index (κ2) is 18.5. The normalized spacial score (nSPS) is 21.7. The third-order valence-corrected chi connectivity index (χ3v) is 9.29. The Balaban J connectivity index is 1.43. The summed E-state index contributed by atoms with van der Waals surface area (Å²) in [5.74, 6) is -2.00. The minimum absolute atomic E-state index is 0.116. The Morgan fingerprint density at radius 3 is 1.56 bits per heavy atom. The molecule has 0 aliphatic carbocycles. The SMILES string of the molecule is COC(OC)c1ccc(C)c(C2(O)O[C@H](COCc3ccccc3)[C@@H](OCc3ccccc3)[C@H](OCc3ccccc3)[C@H]2OCc2ccccc2)c1. The van der Waals surface area contributed by atoms with Gasteiger partial charge in [0.2, 0.25) is 5.79 Å². The first-order valence-electron chi connectivity index (χ1n) is 17.6. The van der Waals surface area contributed by atoms with Gasteiger partial charge in [0.05, 0.1) is 33.0 Å². The van der Waals surface area contributed by atoms with Crippen LogP contribution in [0.1, 0.15) is 45.2 Å². The Morgan fingerprint density at radius 1 is 0.596 bits per heavy atom. The van der Waals surface area contributed by atoms with Crippen molar-refractivity contribution in [1.82, 2.24) is 0 Å². The van der Waals surface area contributed by atoms with Crippen LogP contribution >= 0.6 is 0 Å². The van der Waals surface area contributed by atoms with Crippen molar-refractivity contribution in [3.63, 3.8) is 0 Å². The average Bonchev–Trinajstić information content (AvgIpc) is 3.19. The third kappa shape index (κ3) is 9.41. The van der Waals surface area contributed by atoms with Gasteiger partial charge in [-0.25, -0.2) is 0 Å². The lowest BCUT2D eigenvalue weighted by Crippen LogP contribution is -2.65. The molecule has 6 rings (SSSR count). The zero-order chi connectivity index (χ0) is 36.2. The zero-order valence-corrected chi connectivity index (χ0v) is 30.0. The van der Waals surface area contributed by atoms with E-state index in [4.69, 9.17) is 33.2 Å². The van der Waals surface area contributed by atoms with Gasteiger partial charge in [0.1, 0.15) is 24.4 Å². The van der Waals surface area contributed by atoms with Crippen LogP contribution in [0.15, 0.2) is 140 Å². The molecule has 1 saturated heterocycles. The van der Waals surface area contributed by atoms with Gasteiger partial charge < -0.3 is 38.3 Å². The van der Waals surface area contributed by atoms with E-state index in [1.807, 2.05) is 146 Å². The number of aliphatic hydroxyl groups is 1. The molecule has 1 heterocycles. The Morgan fingerprint density at radius 2 is 1.06 bits per heavy atom. The summed E-state index contributed by atoms with van der Waals surface area (Å²) in [7, 11) is 3.15. The fraction of sp³-hybridized carbons (Fsp3) is 0.318. The molecule has 1 fully saturated rings. The van der Waals surface area contributed by atoms with Crippen LogP contribution in [-0.2, 0) is 65.4 Å². The van der Waals surface area contributed by atoms with E-state index in [1.54, 1.807) is 14.2 Å². The van der Waals surface area contributed by atoms with Gasteiger partial charge in [0.15, 0.2) is 6.29 Å². The van der Waals surface area contributed by atoms with Gasteiger partial charge in [-0.15, -0.1) is 0 Å². The fourth-order valence-electron chi connectivity index (χ4n) is 6.61. The lowest BCUT2D eigenvalue weighted by Gasteiger charge is -2.51. The predicted octanol–water partition coefficient (Wildman–Crippen LogP) is 7.80. The summed E-state index contributed by atoms with van der Waals surface area (Å²) in [4.78, 5) is 0. The minimum atomic E-state index is -2.00. The molecule has 0 amide bonds. The van der Waals surface area contributed by atoms with E-state index in [-0.39, 0.29) is 26.4 Å². The van der Waals surface area contributed by atoms with Crippen LogP contribution in [0, 0.1) is 6.92 Å². The van der Waals surface area contributed by atoms with Gasteiger partial charge in [-0.05, 0) is 40.8 Å². The molecule has 0 bridgehead atoms. The topological polar surface area (TPSA) is 84.8 Å². The molecule has 8 heteroatoms. The van der Waals surface area contributed by atoms with Crippen molar-refractivity contribution in [3.8, 4) is 0 Å². The van der Waals surface area contributed by atoms with E-state index in [9.17, 15) is 5.11 Å². The number of methoxy groups -OCH3 is 2. The first-order chi connectivity index (χ1) is 25.5. The van der Waals surface area contributed by atoms with Gasteiger partial charge >= 0.3 is 0 Å². The molecule has 1 N–H and O–H groups in total. The summed E-state index contributed by atoms with van der Waals surface area (Å²) in [6.07, 6.45) is -3.97. The van der Waals surface area contributed by atoms with Crippen molar-refractivity contribution in [2.45, 2.75) is 69.8 Å². The number of hydrogen-bond donors (Lipinski definition) is 1. The summed E-state index contributed by atoms with van der Waals surface area (Å²) >= 11 is 0. The van der Waals surface area contributed by atoms with E-state index < -0.39 is 36.5 Å². The Kier molecular flexibility index (Phi) is 13.4. The lowest BCUT2D eigenvalue weighted by molar-refractivity contribution is -0.378. The summed E-state index contributed by atoms with van der Waals surface area (Å²) in [5.41, 5.74) is 5.93. The standard InChI is InChI=1S/C44H48O8/c1-32-24-25-37(43(46-2)47-3)26-38(32)44(45)42(51-30-36-22-14-7-15-23-36)41(50-29-35-20-12-6-13-21-35)40(49-28-34-18-10-5-11-19-34)39(52-44)31-48-27-33-16-8-4-9-17-33/h4-26,39-43,45H,27-31H2,1-3H3/t39-,40-,41+,42-,44?/m1/s1. The molecule has 5 aromatic carbocycles. The van der Waals surface area contributed by atoms with Gasteiger partial charge in [-0.1, -0.05) is 133 Å². The Bertz CT molecular complexity index is 1770.